The molecular formula is C25H29N3O4. The van der Waals surface area contributed by atoms with Gasteiger partial charge in [-0.3, -0.25) is 9.59 Å². The van der Waals surface area contributed by atoms with Crippen LogP contribution >= 0.6 is 0 Å². The summed E-state index contributed by atoms with van der Waals surface area (Å²) in [4.78, 5) is 25.9. The quantitative estimate of drug-likeness (QED) is 0.671. The van der Waals surface area contributed by atoms with Crippen molar-refractivity contribution in [2.24, 2.45) is 17.8 Å². The third-order valence-electron chi connectivity index (χ3n) is 7.42. The number of anilines is 1. The maximum atomic E-state index is 13.2. The van der Waals surface area contributed by atoms with Gasteiger partial charge in [0.2, 0.25) is 5.91 Å². The molecule has 2 amide bonds. The van der Waals surface area contributed by atoms with Crippen LogP contribution in [0.15, 0.2) is 42.5 Å². The summed E-state index contributed by atoms with van der Waals surface area (Å²) in [6.45, 7) is 0.389. The predicted octanol–water partition coefficient (Wildman–Crippen LogP) is 3.31. The van der Waals surface area contributed by atoms with Crippen LogP contribution in [0.5, 0.6) is 11.5 Å². The van der Waals surface area contributed by atoms with E-state index in [9.17, 15) is 9.59 Å². The van der Waals surface area contributed by atoms with Gasteiger partial charge >= 0.3 is 0 Å². The zero-order valence-corrected chi connectivity index (χ0v) is 18.4. The Morgan fingerprint density at radius 2 is 1.97 bits per heavy atom. The molecule has 1 heterocycles. The lowest BCUT2D eigenvalue weighted by Crippen LogP contribution is -2.68. The van der Waals surface area contributed by atoms with E-state index in [0.29, 0.717) is 12.1 Å². The van der Waals surface area contributed by atoms with Gasteiger partial charge in [-0.05, 0) is 61.9 Å². The third kappa shape index (κ3) is 3.45. The maximum Gasteiger partial charge on any atom is 0.255 e. The highest BCUT2D eigenvalue weighted by Crippen LogP contribution is 2.51. The van der Waals surface area contributed by atoms with Crippen molar-refractivity contribution in [2.45, 2.75) is 37.9 Å². The van der Waals surface area contributed by atoms with Crippen molar-refractivity contribution in [1.29, 1.82) is 0 Å². The van der Waals surface area contributed by atoms with Crippen molar-refractivity contribution in [1.82, 2.24) is 10.6 Å². The molecule has 6 rings (SSSR count). The topological polar surface area (TPSA) is 88.7 Å². The molecule has 7 nitrogen and oxygen atoms in total. The Balaban J connectivity index is 1.29. The van der Waals surface area contributed by atoms with Gasteiger partial charge in [-0.1, -0.05) is 12.1 Å². The normalized spacial score (nSPS) is 27.8. The van der Waals surface area contributed by atoms with E-state index in [4.69, 9.17) is 9.47 Å². The van der Waals surface area contributed by atoms with E-state index in [-0.39, 0.29) is 29.6 Å². The molecular weight excluding hydrogens is 406 g/mol. The largest absolute Gasteiger partial charge is 0.497 e. The summed E-state index contributed by atoms with van der Waals surface area (Å²) in [5.74, 6) is 1.89. The molecule has 32 heavy (non-hydrogen) atoms. The summed E-state index contributed by atoms with van der Waals surface area (Å²) in [5, 5.41) is 9.99. The number of carbonyl (C=O) groups is 2. The molecule has 4 aliphatic rings. The van der Waals surface area contributed by atoms with Crippen LogP contribution in [0.4, 0.5) is 5.69 Å². The monoisotopic (exact) mass is 435 g/mol. The Labute approximate surface area is 187 Å². The second-order valence-corrected chi connectivity index (χ2v) is 9.07. The number of hydrogen-bond donors (Lipinski definition) is 3. The molecule has 7 heteroatoms. The highest BCUT2D eigenvalue weighted by Gasteiger charge is 2.55. The number of rotatable bonds is 5. The summed E-state index contributed by atoms with van der Waals surface area (Å²) in [5.41, 5.74) is 1.99. The fourth-order valence-electron chi connectivity index (χ4n) is 5.80. The molecule has 0 radical (unpaired) electrons. The van der Waals surface area contributed by atoms with Gasteiger partial charge in [-0.25, -0.2) is 0 Å². The van der Waals surface area contributed by atoms with Crippen molar-refractivity contribution in [3.05, 3.63) is 53.6 Å². The summed E-state index contributed by atoms with van der Waals surface area (Å²) in [6.07, 6.45) is 3.54. The van der Waals surface area contributed by atoms with Gasteiger partial charge in [0.1, 0.15) is 17.2 Å². The van der Waals surface area contributed by atoms with Crippen molar-refractivity contribution in [2.75, 3.05) is 19.5 Å². The predicted molar refractivity (Wildman–Crippen MR) is 121 cm³/mol. The van der Waals surface area contributed by atoms with Crippen LogP contribution in [0.25, 0.3) is 0 Å². The first-order valence-corrected chi connectivity index (χ1v) is 11.2. The van der Waals surface area contributed by atoms with Crippen molar-refractivity contribution in [3.8, 4) is 11.5 Å². The number of nitrogens with one attached hydrogen (secondary N) is 3. The van der Waals surface area contributed by atoms with Crippen LogP contribution in [-0.2, 0) is 11.3 Å². The minimum Gasteiger partial charge on any atom is -0.497 e. The van der Waals surface area contributed by atoms with Crippen LogP contribution in [0.2, 0.25) is 0 Å². The standard InChI is InChI=1S/C25H29N3O4/c1-31-18-9-10-22(32-2)16(11-18)14-26-23(29)20-12-17-8-7-15(20)13-25(17)27-21-6-4-3-5-19(21)24(30)28-25/h3-6,9-11,15,17,20,27H,7-8,12-14H2,1-2H3,(H,26,29)(H,28,30)/t15?,17?,20?,25-/m1/s1. The lowest BCUT2D eigenvalue weighted by molar-refractivity contribution is -0.132. The Morgan fingerprint density at radius 1 is 1.12 bits per heavy atom. The van der Waals surface area contributed by atoms with Gasteiger partial charge < -0.3 is 25.4 Å². The molecule has 3 N–H and O–H groups in total. The number of methoxy groups -OCH3 is 2. The Hall–Kier alpha value is -3.22. The number of ether oxygens (including phenoxy) is 2. The zero-order valence-electron chi connectivity index (χ0n) is 18.4. The molecule has 1 spiro atoms. The smallest absolute Gasteiger partial charge is 0.255 e. The van der Waals surface area contributed by atoms with E-state index in [0.717, 1.165) is 48.4 Å². The summed E-state index contributed by atoms with van der Waals surface area (Å²) < 4.78 is 10.7. The van der Waals surface area contributed by atoms with Gasteiger partial charge in [-0.2, -0.15) is 0 Å². The number of amides is 2. The van der Waals surface area contributed by atoms with Gasteiger partial charge in [0, 0.05) is 29.6 Å². The second-order valence-electron chi connectivity index (χ2n) is 9.07. The van der Waals surface area contributed by atoms with E-state index in [1.807, 2.05) is 42.5 Å². The molecule has 3 aliphatic carbocycles. The molecule has 2 bridgehead atoms. The number of fused-ring (bicyclic) bond motifs is 3. The molecule has 3 fully saturated rings. The maximum absolute atomic E-state index is 13.2. The van der Waals surface area contributed by atoms with Crippen LogP contribution < -0.4 is 25.4 Å². The average Bonchev–Trinajstić information content (AvgIpc) is 2.82. The fourth-order valence-corrected chi connectivity index (χ4v) is 5.80. The van der Waals surface area contributed by atoms with Crippen molar-refractivity contribution in [3.63, 3.8) is 0 Å². The molecule has 168 valence electrons. The third-order valence-corrected chi connectivity index (χ3v) is 7.42. The van der Waals surface area contributed by atoms with Crippen molar-refractivity contribution < 1.29 is 19.1 Å². The molecule has 3 saturated carbocycles. The minimum atomic E-state index is -0.457. The molecule has 0 aromatic heterocycles. The molecule has 2 aromatic rings. The highest BCUT2D eigenvalue weighted by atomic mass is 16.5. The summed E-state index contributed by atoms with van der Waals surface area (Å²) in [7, 11) is 3.24. The van der Waals surface area contributed by atoms with E-state index >= 15 is 0 Å². The van der Waals surface area contributed by atoms with E-state index in [1.54, 1.807) is 14.2 Å². The van der Waals surface area contributed by atoms with Crippen molar-refractivity contribution >= 4 is 17.5 Å². The molecule has 4 atom stereocenters. The summed E-state index contributed by atoms with van der Waals surface area (Å²) in [6, 6.07) is 13.2. The molecule has 2 aromatic carbocycles. The molecule has 1 aliphatic heterocycles. The second kappa shape index (κ2) is 8.04. The van der Waals surface area contributed by atoms with E-state index in [1.165, 1.54) is 0 Å². The number of benzene rings is 2. The Kier molecular flexibility index (Phi) is 5.19. The van der Waals surface area contributed by atoms with Gasteiger partial charge in [0.25, 0.3) is 5.91 Å². The zero-order chi connectivity index (χ0) is 22.3. The minimum absolute atomic E-state index is 0.0296. The Bertz CT molecular complexity index is 1060. The first-order valence-electron chi connectivity index (χ1n) is 11.2. The Morgan fingerprint density at radius 3 is 2.72 bits per heavy atom. The first kappa shape index (κ1) is 20.7. The number of hydrogen-bond acceptors (Lipinski definition) is 5. The SMILES string of the molecule is COc1ccc(OC)c(CNC(=O)C2CC3CCC2C[C@@]32NC(=O)c3ccccc3N2)c1. The summed E-state index contributed by atoms with van der Waals surface area (Å²) >= 11 is 0. The first-order chi connectivity index (χ1) is 15.5. The van der Waals surface area contributed by atoms with E-state index in [2.05, 4.69) is 16.0 Å². The van der Waals surface area contributed by atoms with E-state index < -0.39 is 5.66 Å². The molecule has 3 unspecified atom stereocenters. The number of carbonyl (C=O) groups excluding carboxylic acids is 2. The van der Waals surface area contributed by atoms with Gasteiger partial charge in [0.15, 0.2) is 0 Å². The van der Waals surface area contributed by atoms with Crippen LogP contribution in [0.3, 0.4) is 0 Å². The van der Waals surface area contributed by atoms with Crippen LogP contribution in [0.1, 0.15) is 41.6 Å². The lowest BCUT2D eigenvalue weighted by atomic mass is 9.58. The van der Waals surface area contributed by atoms with Crippen LogP contribution in [0, 0.1) is 17.8 Å². The van der Waals surface area contributed by atoms with Gasteiger partial charge in [0.05, 0.1) is 19.8 Å². The molecule has 0 saturated heterocycles. The average molecular weight is 436 g/mol. The lowest BCUT2D eigenvalue weighted by Gasteiger charge is -2.56. The van der Waals surface area contributed by atoms with Gasteiger partial charge in [-0.15, -0.1) is 0 Å². The highest BCUT2D eigenvalue weighted by molar-refractivity contribution is 6.02. The number of para-hydroxylation sites is 1. The fraction of sp³-hybridized carbons (Fsp3) is 0.440. The van der Waals surface area contributed by atoms with Crippen LogP contribution in [-0.4, -0.2) is 31.7 Å².